The largest absolute Gasteiger partial charge is 0.595 e. The summed E-state index contributed by atoms with van der Waals surface area (Å²) < 4.78 is 1.95. The van der Waals surface area contributed by atoms with Gasteiger partial charge in [0.1, 0.15) is 12.2 Å². The lowest BCUT2D eigenvalue weighted by molar-refractivity contribution is -0.458. The lowest BCUT2D eigenvalue weighted by Crippen LogP contribution is -1.98. The van der Waals surface area contributed by atoms with Gasteiger partial charge in [0.25, 0.3) is 0 Å². The molecule has 6 nitrogen and oxygen atoms in total. The van der Waals surface area contributed by atoms with Crippen molar-refractivity contribution in [3.8, 4) is 11.3 Å². The van der Waals surface area contributed by atoms with Crippen molar-refractivity contribution in [2.24, 2.45) is 5.11 Å². The first kappa shape index (κ1) is 21.7. The van der Waals surface area contributed by atoms with E-state index < -0.39 is 0 Å². The third kappa shape index (κ3) is 5.19. The number of hydroxylamine groups is 1. The molecule has 3 aromatic carbocycles. The minimum Gasteiger partial charge on any atom is -0.595 e. The van der Waals surface area contributed by atoms with E-state index in [1.54, 1.807) is 0 Å². The highest BCUT2D eigenvalue weighted by molar-refractivity contribution is 6.13. The molecular formula is C26H29N5O. The van der Waals surface area contributed by atoms with Crippen LogP contribution in [-0.2, 0) is 6.54 Å². The highest BCUT2D eigenvalue weighted by atomic mass is 16.5. The van der Waals surface area contributed by atoms with Crippen LogP contribution in [0, 0.1) is 5.21 Å². The minimum atomic E-state index is 0.535. The highest BCUT2D eigenvalue weighted by Gasteiger charge is 2.11. The molecule has 0 unspecified atom stereocenters. The van der Waals surface area contributed by atoms with Crippen molar-refractivity contribution in [2.45, 2.75) is 45.1 Å². The Morgan fingerprint density at radius 2 is 1.59 bits per heavy atom. The number of hydrogen-bond donors (Lipinski definition) is 0. The normalized spacial score (nSPS) is 11.9. The fourth-order valence-electron chi connectivity index (χ4n) is 4.12. The fraction of sp³-hybridized carbons (Fsp3) is 0.308. The summed E-state index contributed by atoms with van der Waals surface area (Å²) in [6, 6.07) is 19.2. The van der Waals surface area contributed by atoms with Crippen LogP contribution in [-0.4, -0.2) is 26.4 Å². The van der Waals surface area contributed by atoms with Crippen LogP contribution in [0.15, 0.2) is 78.7 Å². The molecule has 0 atom stereocenters. The zero-order valence-corrected chi connectivity index (χ0v) is 18.4. The van der Waals surface area contributed by atoms with Crippen molar-refractivity contribution >= 4 is 21.5 Å². The van der Waals surface area contributed by atoms with Crippen molar-refractivity contribution < 1.29 is 4.86 Å². The molecule has 0 bridgehead atoms. The molecule has 4 aromatic rings. The SMILES string of the molecule is C=C[N+]([O-])=NCCCCCCCCn1cc(-c2cc3ccccc3c3ccccc23)nn1. The number of unbranched alkanes of at least 4 members (excludes halogenated alkanes) is 5. The Morgan fingerprint density at radius 3 is 2.41 bits per heavy atom. The molecule has 0 spiro atoms. The van der Waals surface area contributed by atoms with Gasteiger partial charge in [-0.25, -0.2) is 0 Å². The van der Waals surface area contributed by atoms with E-state index in [2.05, 4.69) is 82.8 Å². The van der Waals surface area contributed by atoms with Gasteiger partial charge in [0.15, 0.2) is 0 Å². The van der Waals surface area contributed by atoms with Crippen LogP contribution in [0.2, 0.25) is 0 Å². The summed E-state index contributed by atoms with van der Waals surface area (Å²) in [5, 5.41) is 28.6. The molecule has 1 heterocycles. The van der Waals surface area contributed by atoms with Gasteiger partial charge in [-0.05, 0) is 52.1 Å². The number of hydrogen-bond acceptors (Lipinski definition) is 4. The van der Waals surface area contributed by atoms with E-state index in [0.29, 0.717) is 11.4 Å². The first-order valence-electron chi connectivity index (χ1n) is 11.3. The van der Waals surface area contributed by atoms with Gasteiger partial charge in [0.2, 0.25) is 6.20 Å². The predicted molar refractivity (Wildman–Crippen MR) is 129 cm³/mol. The molecule has 0 aliphatic rings. The van der Waals surface area contributed by atoms with E-state index in [0.717, 1.165) is 49.9 Å². The molecule has 0 fully saturated rings. The fourth-order valence-corrected chi connectivity index (χ4v) is 4.12. The third-order valence-corrected chi connectivity index (χ3v) is 5.77. The van der Waals surface area contributed by atoms with Gasteiger partial charge in [0.05, 0.1) is 6.20 Å². The smallest absolute Gasteiger partial charge is 0.202 e. The first-order chi connectivity index (χ1) is 15.8. The van der Waals surface area contributed by atoms with Crippen molar-refractivity contribution in [1.29, 1.82) is 0 Å². The van der Waals surface area contributed by atoms with E-state index in [1.165, 1.54) is 34.2 Å². The molecular weight excluding hydrogens is 398 g/mol. The summed E-state index contributed by atoms with van der Waals surface area (Å²) >= 11 is 0. The molecule has 0 aliphatic heterocycles. The van der Waals surface area contributed by atoms with E-state index in [9.17, 15) is 5.21 Å². The molecule has 0 amide bonds. The van der Waals surface area contributed by atoms with Crippen LogP contribution in [0.4, 0.5) is 0 Å². The maximum absolute atomic E-state index is 11.0. The van der Waals surface area contributed by atoms with Crippen molar-refractivity contribution in [1.82, 2.24) is 15.0 Å². The van der Waals surface area contributed by atoms with Crippen LogP contribution in [0.5, 0.6) is 0 Å². The van der Waals surface area contributed by atoms with Crippen LogP contribution in [0.25, 0.3) is 32.8 Å². The lowest BCUT2D eigenvalue weighted by Gasteiger charge is -2.08. The average Bonchev–Trinajstić information content (AvgIpc) is 3.31. The topological polar surface area (TPSA) is 69.1 Å². The van der Waals surface area contributed by atoms with Crippen LogP contribution in [0.1, 0.15) is 38.5 Å². The highest BCUT2D eigenvalue weighted by Crippen LogP contribution is 2.33. The molecule has 0 radical (unpaired) electrons. The Kier molecular flexibility index (Phi) is 7.23. The van der Waals surface area contributed by atoms with E-state index >= 15 is 0 Å². The van der Waals surface area contributed by atoms with Crippen molar-refractivity contribution in [3.05, 3.63) is 78.8 Å². The van der Waals surface area contributed by atoms with Crippen molar-refractivity contribution in [2.75, 3.05) is 6.54 Å². The Balaban J connectivity index is 1.32. The van der Waals surface area contributed by atoms with E-state index in [1.807, 2.05) is 4.68 Å². The monoisotopic (exact) mass is 427 g/mol. The van der Waals surface area contributed by atoms with Crippen LogP contribution >= 0.6 is 0 Å². The number of fused-ring (bicyclic) bond motifs is 3. The molecule has 6 heteroatoms. The summed E-state index contributed by atoms with van der Waals surface area (Å²) in [4.78, 5) is 0.535. The van der Waals surface area contributed by atoms with Crippen LogP contribution in [0.3, 0.4) is 0 Å². The van der Waals surface area contributed by atoms with Gasteiger partial charge in [-0.15, -0.1) is 5.10 Å². The van der Waals surface area contributed by atoms with Gasteiger partial charge >= 0.3 is 0 Å². The number of nitrogens with zero attached hydrogens (tertiary/aromatic N) is 5. The molecule has 0 saturated heterocycles. The summed E-state index contributed by atoms with van der Waals surface area (Å²) in [6.07, 6.45) is 9.86. The number of benzene rings is 3. The molecule has 1 aromatic heterocycles. The molecule has 32 heavy (non-hydrogen) atoms. The predicted octanol–water partition coefficient (Wildman–Crippen LogP) is 6.70. The van der Waals surface area contributed by atoms with Crippen LogP contribution < -0.4 is 0 Å². The zero-order valence-electron chi connectivity index (χ0n) is 18.4. The molecule has 0 saturated carbocycles. The number of azo groups is 1. The summed E-state index contributed by atoms with van der Waals surface area (Å²) in [5.74, 6) is 0. The van der Waals surface area contributed by atoms with Gasteiger partial charge in [-0.3, -0.25) is 4.68 Å². The quantitative estimate of drug-likeness (QED) is 0.0879. The van der Waals surface area contributed by atoms with Gasteiger partial charge in [0, 0.05) is 12.1 Å². The number of rotatable bonds is 11. The Bertz CT molecular complexity index is 1230. The Hall–Kier alpha value is -3.54. The van der Waals surface area contributed by atoms with Crippen molar-refractivity contribution in [3.63, 3.8) is 0 Å². The standard InChI is InChI=1S/C26H29N5O/c1-2-31(32)27-17-11-5-3-4-6-12-18-30-20-26(28-29-30)25-19-21-13-7-8-14-22(21)23-15-9-10-16-24(23)25/h2,7-10,13-16,19-20H,1,3-6,11-12,17-18H2. The zero-order chi connectivity index (χ0) is 22.2. The summed E-state index contributed by atoms with van der Waals surface area (Å²) in [6.45, 7) is 4.83. The lowest BCUT2D eigenvalue weighted by atomic mass is 9.96. The second-order valence-electron chi connectivity index (χ2n) is 8.03. The maximum atomic E-state index is 11.0. The molecule has 164 valence electrons. The molecule has 0 aliphatic carbocycles. The number of aromatic nitrogens is 3. The van der Waals surface area contributed by atoms with Gasteiger partial charge < -0.3 is 5.21 Å². The number of aryl methyl sites for hydroxylation is 1. The second-order valence-corrected chi connectivity index (χ2v) is 8.03. The molecule has 0 N–H and O–H groups in total. The molecule has 4 rings (SSSR count). The summed E-state index contributed by atoms with van der Waals surface area (Å²) in [7, 11) is 0. The third-order valence-electron chi connectivity index (χ3n) is 5.77. The van der Waals surface area contributed by atoms with Gasteiger partial charge in [-0.2, -0.15) is 0 Å². The van der Waals surface area contributed by atoms with E-state index in [-0.39, 0.29) is 0 Å². The Labute approximate surface area is 188 Å². The Morgan fingerprint density at radius 1 is 0.906 bits per heavy atom. The first-order valence-corrected chi connectivity index (χ1v) is 11.3. The minimum absolute atomic E-state index is 0.535. The van der Waals surface area contributed by atoms with Gasteiger partial charge in [-0.1, -0.05) is 84.3 Å². The van der Waals surface area contributed by atoms with E-state index in [4.69, 9.17) is 0 Å². The average molecular weight is 428 g/mol. The summed E-state index contributed by atoms with van der Waals surface area (Å²) in [5.41, 5.74) is 2.05. The second kappa shape index (κ2) is 10.7. The maximum Gasteiger partial charge on any atom is 0.202 e.